The molecule has 2 saturated carbocycles. The van der Waals surface area contributed by atoms with E-state index < -0.39 is 0 Å². The minimum absolute atomic E-state index is 0. The number of amides is 1. The van der Waals surface area contributed by atoms with Crippen LogP contribution in [0, 0.1) is 17.8 Å². The number of rotatable bonds is 6. The number of hydrogen-bond donors (Lipinski definition) is 1. The monoisotopic (exact) mass is 365 g/mol. The molecule has 2 N–H and O–H groups in total. The third-order valence-electron chi connectivity index (χ3n) is 5.63. The minimum Gasteiger partial charge on any atom is -0.342 e. The van der Waals surface area contributed by atoms with Gasteiger partial charge < -0.3 is 15.5 Å². The van der Waals surface area contributed by atoms with Crippen LogP contribution in [0.25, 0.3) is 0 Å². The second-order valence-electron chi connectivity index (χ2n) is 7.72. The average molecular weight is 366 g/mol. The number of hydrogen-bond acceptors (Lipinski definition) is 3. The Balaban J connectivity index is 0.00000132. The lowest BCUT2D eigenvalue weighted by Gasteiger charge is -2.23. The molecular weight excluding hydrogens is 333 g/mol. The minimum atomic E-state index is 0. The van der Waals surface area contributed by atoms with Gasteiger partial charge in [-0.15, -0.1) is 24.8 Å². The van der Waals surface area contributed by atoms with Gasteiger partial charge in [0, 0.05) is 38.6 Å². The Morgan fingerprint density at radius 3 is 2.39 bits per heavy atom. The summed E-state index contributed by atoms with van der Waals surface area (Å²) in [6.07, 6.45) is 8.15. The highest BCUT2D eigenvalue weighted by Gasteiger charge is 2.32. The number of nitrogens with two attached hydrogens (primary N) is 1. The van der Waals surface area contributed by atoms with Crippen molar-refractivity contribution in [1.29, 1.82) is 0 Å². The third-order valence-corrected chi connectivity index (χ3v) is 5.63. The third kappa shape index (κ3) is 6.08. The summed E-state index contributed by atoms with van der Waals surface area (Å²) >= 11 is 0. The SMILES string of the molecule is CN(CC1CC1)CC1CCN(C(=O)C[C@@H]2CCC[C@H]2N)C1.Cl.Cl. The molecule has 0 bridgehead atoms. The molecule has 4 nitrogen and oxygen atoms in total. The van der Waals surface area contributed by atoms with Crippen molar-refractivity contribution >= 4 is 30.7 Å². The van der Waals surface area contributed by atoms with Crippen molar-refractivity contribution in [3.8, 4) is 0 Å². The van der Waals surface area contributed by atoms with Crippen LogP contribution in [0.3, 0.4) is 0 Å². The van der Waals surface area contributed by atoms with Gasteiger partial charge >= 0.3 is 0 Å². The van der Waals surface area contributed by atoms with Gasteiger partial charge in [-0.2, -0.15) is 0 Å². The summed E-state index contributed by atoms with van der Waals surface area (Å²) < 4.78 is 0. The van der Waals surface area contributed by atoms with Crippen LogP contribution in [-0.2, 0) is 4.79 Å². The summed E-state index contributed by atoms with van der Waals surface area (Å²) in [4.78, 5) is 17.0. The van der Waals surface area contributed by atoms with Crippen LogP contribution >= 0.6 is 24.8 Å². The molecule has 1 amide bonds. The molecule has 1 aliphatic heterocycles. The average Bonchev–Trinajstić information content (AvgIpc) is 2.96. The fourth-order valence-electron chi connectivity index (χ4n) is 4.14. The first-order chi connectivity index (χ1) is 10.1. The predicted octanol–water partition coefficient (Wildman–Crippen LogP) is 2.54. The molecule has 1 unspecified atom stereocenters. The lowest BCUT2D eigenvalue weighted by atomic mass is 9.99. The van der Waals surface area contributed by atoms with E-state index in [1.165, 1.54) is 32.2 Å². The van der Waals surface area contributed by atoms with E-state index >= 15 is 0 Å². The summed E-state index contributed by atoms with van der Waals surface area (Å²) in [5.74, 6) is 2.42. The van der Waals surface area contributed by atoms with Gasteiger partial charge in [0.2, 0.25) is 5.91 Å². The number of carbonyl (C=O) groups is 1. The Morgan fingerprint density at radius 1 is 1.09 bits per heavy atom. The number of nitrogens with zero attached hydrogens (tertiary/aromatic N) is 2. The Morgan fingerprint density at radius 2 is 1.78 bits per heavy atom. The largest absolute Gasteiger partial charge is 0.342 e. The first-order valence-electron chi connectivity index (χ1n) is 8.83. The van der Waals surface area contributed by atoms with E-state index in [-0.39, 0.29) is 30.9 Å². The number of likely N-dealkylation sites (tertiary alicyclic amines) is 1. The first kappa shape index (κ1) is 21.0. The van der Waals surface area contributed by atoms with E-state index in [9.17, 15) is 4.79 Å². The van der Waals surface area contributed by atoms with Crippen LogP contribution in [0.2, 0.25) is 0 Å². The van der Waals surface area contributed by atoms with Crippen molar-refractivity contribution < 1.29 is 4.79 Å². The highest BCUT2D eigenvalue weighted by Crippen LogP contribution is 2.31. The van der Waals surface area contributed by atoms with Crippen molar-refractivity contribution in [2.24, 2.45) is 23.5 Å². The standard InChI is InChI=1S/C17H31N3O.2ClH/c1-19(10-13-5-6-13)11-14-7-8-20(12-14)17(21)9-15-3-2-4-16(15)18;;/h13-16H,2-12,18H2,1H3;2*1H/t14?,15-,16+;;/m0../s1. The molecule has 1 heterocycles. The highest BCUT2D eigenvalue weighted by atomic mass is 35.5. The predicted molar refractivity (Wildman–Crippen MR) is 99.3 cm³/mol. The fraction of sp³-hybridized carbons (Fsp3) is 0.941. The lowest BCUT2D eigenvalue weighted by molar-refractivity contribution is -0.131. The zero-order valence-corrected chi connectivity index (χ0v) is 15.9. The second kappa shape index (κ2) is 9.45. The highest BCUT2D eigenvalue weighted by molar-refractivity contribution is 5.85. The smallest absolute Gasteiger partial charge is 0.222 e. The van der Waals surface area contributed by atoms with E-state index in [0.717, 1.165) is 38.4 Å². The van der Waals surface area contributed by atoms with Crippen LogP contribution in [0.4, 0.5) is 0 Å². The quantitative estimate of drug-likeness (QED) is 0.786. The van der Waals surface area contributed by atoms with Gasteiger partial charge in [0.15, 0.2) is 0 Å². The molecule has 3 fully saturated rings. The second-order valence-corrected chi connectivity index (χ2v) is 7.72. The maximum absolute atomic E-state index is 12.4. The fourth-order valence-corrected chi connectivity index (χ4v) is 4.14. The van der Waals surface area contributed by atoms with Crippen LogP contribution < -0.4 is 5.73 Å². The van der Waals surface area contributed by atoms with Crippen LogP contribution in [0.15, 0.2) is 0 Å². The van der Waals surface area contributed by atoms with E-state index in [1.54, 1.807) is 0 Å². The maximum Gasteiger partial charge on any atom is 0.222 e. The molecule has 0 aromatic carbocycles. The molecule has 3 aliphatic rings. The van der Waals surface area contributed by atoms with Gasteiger partial charge in [0.25, 0.3) is 0 Å². The number of halogens is 2. The van der Waals surface area contributed by atoms with Gasteiger partial charge in [-0.1, -0.05) is 6.42 Å². The molecule has 0 aromatic heterocycles. The van der Waals surface area contributed by atoms with Gasteiger partial charge in [-0.05, 0) is 56.9 Å². The Kier molecular flexibility index (Phi) is 8.64. The van der Waals surface area contributed by atoms with E-state index in [1.807, 2.05) is 0 Å². The molecule has 0 radical (unpaired) electrons. The molecule has 136 valence electrons. The Hall–Kier alpha value is -0.0300. The maximum atomic E-state index is 12.4. The normalized spacial score (nSPS) is 30.2. The summed E-state index contributed by atoms with van der Waals surface area (Å²) in [6, 6.07) is 0.261. The van der Waals surface area contributed by atoms with Gasteiger partial charge in [0.1, 0.15) is 0 Å². The van der Waals surface area contributed by atoms with E-state index in [2.05, 4.69) is 16.8 Å². The van der Waals surface area contributed by atoms with Crippen molar-refractivity contribution in [3.05, 3.63) is 0 Å². The summed E-state index contributed by atoms with van der Waals surface area (Å²) in [6.45, 7) is 4.34. The van der Waals surface area contributed by atoms with Gasteiger partial charge in [-0.3, -0.25) is 4.79 Å². The first-order valence-corrected chi connectivity index (χ1v) is 8.83. The summed E-state index contributed by atoms with van der Waals surface area (Å²) in [5.41, 5.74) is 6.09. The molecule has 1 saturated heterocycles. The molecule has 0 spiro atoms. The van der Waals surface area contributed by atoms with Gasteiger partial charge in [0.05, 0.1) is 0 Å². The lowest BCUT2D eigenvalue weighted by Crippen LogP contribution is -2.35. The van der Waals surface area contributed by atoms with Crippen molar-refractivity contribution in [1.82, 2.24) is 9.80 Å². The van der Waals surface area contributed by atoms with Crippen molar-refractivity contribution in [2.45, 2.75) is 51.0 Å². The topological polar surface area (TPSA) is 49.6 Å². The van der Waals surface area contributed by atoms with E-state index in [0.29, 0.717) is 24.2 Å². The zero-order chi connectivity index (χ0) is 14.8. The molecular formula is C17H33Cl2N3O. The van der Waals surface area contributed by atoms with Crippen molar-refractivity contribution in [2.75, 3.05) is 33.2 Å². The number of carbonyl (C=O) groups excluding carboxylic acids is 1. The molecule has 3 rings (SSSR count). The summed E-state index contributed by atoms with van der Waals surface area (Å²) in [5, 5.41) is 0. The molecule has 3 atom stereocenters. The molecule has 6 heteroatoms. The molecule has 0 aromatic rings. The zero-order valence-electron chi connectivity index (χ0n) is 14.3. The summed E-state index contributed by atoms with van der Waals surface area (Å²) in [7, 11) is 2.24. The van der Waals surface area contributed by atoms with Crippen molar-refractivity contribution in [3.63, 3.8) is 0 Å². The molecule has 23 heavy (non-hydrogen) atoms. The van der Waals surface area contributed by atoms with Crippen LogP contribution in [0.5, 0.6) is 0 Å². The van der Waals surface area contributed by atoms with Crippen LogP contribution in [0.1, 0.15) is 44.9 Å². The van der Waals surface area contributed by atoms with E-state index in [4.69, 9.17) is 5.73 Å². The van der Waals surface area contributed by atoms with Gasteiger partial charge in [-0.25, -0.2) is 0 Å². The molecule has 2 aliphatic carbocycles. The Bertz CT molecular complexity index is 379. The Labute approximate surface area is 153 Å². The van der Waals surface area contributed by atoms with Crippen LogP contribution in [-0.4, -0.2) is 55.0 Å².